The number of likely N-dealkylation sites (N-methyl/N-ethyl adjacent to an activating group) is 1. The molecule has 1 spiro atoms. The lowest BCUT2D eigenvalue weighted by Crippen LogP contribution is -2.64. The number of hydrogen-bond donors (Lipinski definition) is 0. The van der Waals surface area contributed by atoms with E-state index in [1.807, 2.05) is 64.7 Å². The van der Waals surface area contributed by atoms with Gasteiger partial charge in [-0.3, -0.25) is 14.5 Å². The van der Waals surface area contributed by atoms with Gasteiger partial charge in [-0.15, -0.1) is 11.3 Å². The van der Waals surface area contributed by atoms with E-state index in [-0.39, 0.29) is 17.4 Å². The van der Waals surface area contributed by atoms with E-state index in [9.17, 15) is 9.59 Å². The molecule has 5 nitrogen and oxygen atoms in total. The number of amides is 2. The van der Waals surface area contributed by atoms with Gasteiger partial charge in [0.15, 0.2) is 0 Å². The molecule has 0 unspecified atom stereocenters. The Hall–Kier alpha value is -2.18. The second kappa shape index (κ2) is 6.85. The summed E-state index contributed by atoms with van der Waals surface area (Å²) in [5.74, 6) is 0.300. The van der Waals surface area contributed by atoms with Crippen LogP contribution in [0.2, 0.25) is 0 Å². The van der Waals surface area contributed by atoms with Crippen LogP contribution in [-0.2, 0) is 16.0 Å². The van der Waals surface area contributed by atoms with Crippen LogP contribution >= 0.6 is 11.3 Å². The van der Waals surface area contributed by atoms with Crippen LogP contribution in [0.5, 0.6) is 0 Å². The molecule has 2 saturated heterocycles. The van der Waals surface area contributed by atoms with Crippen LogP contribution in [0.25, 0.3) is 0 Å². The second-order valence-electron chi connectivity index (χ2n) is 7.22. The molecule has 4 rings (SSSR count). The summed E-state index contributed by atoms with van der Waals surface area (Å²) in [6.45, 7) is 2.46. The number of piperazine rings is 1. The lowest BCUT2D eigenvalue weighted by molar-refractivity contribution is -0.130. The highest BCUT2D eigenvalue weighted by molar-refractivity contribution is 7.10. The minimum atomic E-state index is -0.158. The Balaban J connectivity index is 1.50. The maximum Gasteiger partial charge on any atom is 0.241 e. The zero-order chi connectivity index (χ0) is 18.1. The number of nitrogens with zero attached hydrogens (tertiary/aromatic N) is 3. The van der Waals surface area contributed by atoms with E-state index in [0.717, 1.165) is 23.5 Å². The molecule has 3 heterocycles. The molecule has 0 radical (unpaired) electrons. The summed E-state index contributed by atoms with van der Waals surface area (Å²) in [6, 6.07) is 13.8. The summed E-state index contributed by atoms with van der Waals surface area (Å²) >= 11 is 1.62. The molecule has 6 heteroatoms. The van der Waals surface area contributed by atoms with Gasteiger partial charge >= 0.3 is 0 Å². The minimum absolute atomic E-state index is 0.118. The van der Waals surface area contributed by atoms with Crippen molar-refractivity contribution in [3.8, 4) is 0 Å². The predicted molar refractivity (Wildman–Crippen MR) is 103 cm³/mol. The lowest BCUT2D eigenvalue weighted by Gasteiger charge is -2.46. The molecule has 2 aliphatic heterocycles. The van der Waals surface area contributed by atoms with Crippen molar-refractivity contribution in [2.24, 2.45) is 0 Å². The van der Waals surface area contributed by atoms with Crippen molar-refractivity contribution in [2.75, 3.05) is 38.1 Å². The third-order valence-electron chi connectivity index (χ3n) is 5.59. The van der Waals surface area contributed by atoms with E-state index in [0.29, 0.717) is 26.1 Å². The molecule has 136 valence electrons. The van der Waals surface area contributed by atoms with Crippen LogP contribution in [0.3, 0.4) is 0 Å². The molecule has 2 aromatic rings. The summed E-state index contributed by atoms with van der Waals surface area (Å²) in [5, 5.41) is 2.01. The fourth-order valence-electron chi connectivity index (χ4n) is 3.99. The Morgan fingerprint density at radius 1 is 1.15 bits per heavy atom. The number of anilines is 1. The van der Waals surface area contributed by atoms with E-state index in [2.05, 4.69) is 4.90 Å². The highest BCUT2D eigenvalue weighted by Gasteiger charge is 2.48. The van der Waals surface area contributed by atoms with Crippen LogP contribution in [-0.4, -0.2) is 60.4 Å². The normalized spacial score (nSPS) is 23.8. The SMILES string of the molecule is CN1CC(=O)N(c2ccccc2)C[C@]12CCN(C(=O)Cc1cccs1)C2. The fourth-order valence-corrected chi connectivity index (χ4v) is 4.68. The molecule has 2 amide bonds. The van der Waals surface area contributed by atoms with Gasteiger partial charge in [0.05, 0.1) is 18.5 Å². The molecule has 0 saturated carbocycles. The average molecular weight is 369 g/mol. The maximum absolute atomic E-state index is 12.7. The molecule has 2 fully saturated rings. The monoisotopic (exact) mass is 369 g/mol. The number of rotatable bonds is 3. The highest BCUT2D eigenvalue weighted by Crippen LogP contribution is 2.33. The van der Waals surface area contributed by atoms with Gasteiger partial charge in [-0.05, 0) is 37.0 Å². The first-order valence-corrected chi connectivity index (χ1v) is 9.82. The first kappa shape index (κ1) is 17.2. The van der Waals surface area contributed by atoms with Crippen LogP contribution in [0.4, 0.5) is 5.69 Å². The van der Waals surface area contributed by atoms with Crippen LogP contribution in [0.1, 0.15) is 11.3 Å². The summed E-state index contributed by atoms with van der Waals surface area (Å²) in [7, 11) is 2.01. The predicted octanol–water partition coefficient (Wildman–Crippen LogP) is 2.24. The highest BCUT2D eigenvalue weighted by atomic mass is 32.1. The van der Waals surface area contributed by atoms with Gasteiger partial charge in [-0.25, -0.2) is 0 Å². The van der Waals surface area contributed by atoms with Crippen molar-refractivity contribution in [1.82, 2.24) is 9.80 Å². The number of para-hydroxylation sites is 1. The Bertz CT molecular complexity index is 793. The first-order chi connectivity index (χ1) is 12.6. The fraction of sp³-hybridized carbons (Fsp3) is 0.400. The van der Waals surface area contributed by atoms with Crippen molar-refractivity contribution in [1.29, 1.82) is 0 Å². The second-order valence-corrected chi connectivity index (χ2v) is 8.25. The van der Waals surface area contributed by atoms with Crippen molar-refractivity contribution in [3.05, 3.63) is 52.7 Å². The lowest BCUT2D eigenvalue weighted by atomic mass is 9.92. The molecule has 0 N–H and O–H groups in total. The summed E-state index contributed by atoms with van der Waals surface area (Å²) in [5.41, 5.74) is 0.780. The third-order valence-corrected chi connectivity index (χ3v) is 6.47. The van der Waals surface area contributed by atoms with E-state index < -0.39 is 0 Å². The average Bonchev–Trinajstić information content (AvgIpc) is 3.30. The van der Waals surface area contributed by atoms with Gasteiger partial charge in [0.2, 0.25) is 11.8 Å². The Morgan fingerprint density at radius 2 is 1.96 bits per heavy atom. The largest absolute Gasteiger partial charge is 0.340 e. The molecule has 0 aliphatic carbocycles. The molecule has 1 aromatic carbocycles. The summed E-state index contributed by atoms with van der Waals surface area (Å²) in [4.78, 5) is 32.4. The number of likely N-dealkylation sites (tertiary alicyclic amines) is 1. The van der Waals surface area contributed by atoms with E-state index in [1.54, 1.807) is 11.3 Å². The van der Waals surface area contributed by atoms with Gasteiger partial charge in [0.1, 0.15) is 0 Å². The first-order valence-electron chi connectivity index (χ1n) is 8.94. The van der Waals surface area contributed by atoms with Crippen molar-refractivity contribution < 1.29 is 9.59 Å². The molecule has 26 heavy (non-hydrogen) atoms. The smallest absolute Gasteiger partial charge is 0.241 e. The molecule has 1 atom stereocenters. The van der Waals surface area contributed by atoms with Crippen molar-refractivity contribution in [3.63, 3.8) is 0 Å². The Morgan fingerprint density at radius 3 is 2.69 bits per heavy atom. The molecule has 2 aliphatic rings. The molecular formula is C20H23N3O2S. The third kappa shape index (κ3) is 3.15. The van der Waals surface area contributed by atoms with Crippen LogP contribution in [0, 0.1) is 0 Å². The minimum Gasteiger partial charge on any atom is -0.340 e. The number of hydrogen-bond acceptors (Lipinski definition) is 4. The standard InChI is InChI=1S/C20H23N3O2S/c1-21-13-19(25)23(16-6-3-2-4-7-16)15-20(21)9-10-22(14-20)18(24)12-17-8-5-11-26-17/h2-8,11H,9-10,12-15H2,1H3/t20-/m1/s1. The van der Waals surface area contributed by atoms with Gasteiger partial charge < -0.3 is 9.80 Å². The van der Waals surface area contributed by atoms with Crippen LogP contribution < -0.4 is 4.90 Å². The van der Waals surface area contributed by atoms with Crippen LogP contribution in [0.15, 0.2) is 47.8 Å². The zero-order valence-corrected chi connectivity index (χ0v) is 15.7. The summed E-state index contributed by atoms with van der Waals surface area (Å²) < 4.78 is 0. The van der Waals surface area contributed by atoms with Gasteiger partial charge in [-0.2, -0.15) is 0 Å². The summed E-state index contributed by atoms with van der Waals surface area (Å²) in [6.07, 6.45) is 1.37. The molecule has 0 bridgehead atoms. The van der Waals surface area contributed by atoms with E-state index in [4.69, 9.17) is 0 Å². The topological polar surface area (TPSA) is 43.9 Å². The number of benzene rings is 1. The Kier molecular flexibility index (Phi) is 4.54. The molecule has 1 aromatic heterocycles. The quantitative estimate of drug-likeness (QED) is 0.833. The number of carbonyl (C=O) groups is 2. The van der Waals surface area contributed by atoms with Crippen molar-refractivity contribution >= 4 is 28.8 Å². The van der Waals surface area contributed by atoms with E-state index >= 15 is 0 Å². The maximum atomic E-state index is 12.7. The number of carbonyl (C=O) groups excluding carboxylic acids is 2. The number of thiophene rings is 1. The Labute approximate surface area is 157 Å². The van der Waals surface area contributed by atoms with Gasteiger partial charge in [0, 0.05) is 30.2 Å². The van der Waals surface area contributed by atoms with Crippen molar-refractivity contribution in [2.45, 2.75) is 18.4 Å². The van der Waals surface area contributed by atoms with E-state index in [1.165, 1.54) is 0 Å². The van der Waals surface area contributed by atoms with Gasteiger partial charge in [-0.1, -0.05) is 24.3 Å². The molecular weight excluding hydrogens is 346 g/mol. The van der Waals surface area contributed by atoms with Gasteiger partial charge in [0.25, 0.3) is 0 Å². The zero-order valence-electron chi connectivity index (χ0n) is 14.9.